The molecule has 3 rings (SSSR count). The van der Waals surface area contributed by atoms with Crippen molar-refractivity contribution in [2.45, 2.75) is 51.3 Å². The highest BCUT2D eigenvalue weighted by atomic mass is 16.7. The molecule has 3 atom stereocenters. The van der Waals surface area contributed by atoms with Crippen LogP contribution in [0.25, 0.3) is 0 Å². The monoisotopic (exact) mass is 331 g/mol. The van der Waals surface area contributed by atoms with Gasteiger partial charge in [-0.05, 0) is 62.9 Å². The summed E-state index contributed by atoms with van der Waals surface area (Å²) in [5.74, 6) is 2.28. The molecule has 0 amide bonds. The molecule has 0 saturated carbocycles. The molecular formula is C19H25NO4. The molecule has 2 aromatic rings. The van der Waals surface area contributed by atoms with Crippen LogP contribution in [0.5, 0.6) is 11.5 Å². The van der Waals surface area contributed by atoms with Crippen LogP contribution in [0.15, 0.2) is 41.0 Å². The minimum absolute atomic E-state index is 0.205. The quantitative estimate of drug-likeness (QED) is 0.776. The molecule has 0 spiro atoms. The Morgan fingerprint density at radius 1 is 1.12 bits per heavy atom. The Morgan fingerprint density at radius 2 is 1.96 bits per heavy atom. The molecule has 5 heteroatoms. The number of aryl methyl sites for hydroxylation is 1. The van der Waals surface area contributed by atoms with E-state index >= 15 is 0 Å². The van der Waals surface area contributed by atoms with Crippen LogP contribution < -0.4 is 14.8 Å². The summed E-state index contributed by atoms with van der Waals surface area (Å²) in [6.45, 7) is 4.57. The van der Waals surface area contributed by atoms with Crippen molar-refractivity contribution in [1.82, 2.24) is 5.32 Å². The molecule has 1 aromatic heterocycles. The first kappa shape index (κ1) is 16.9. The standard InChI is InChI=1S/C19H25NO4/c1-13(20-14(2)10-16(21)17-4-3-9-22-17)5-6-15-7-8-18-19(11-15)24-12-23-18/h3-4,7-9,11,13-14,16,20-21H,5-6,10,12H2,1-2H3. The molecule has 1 aliphatic rings. The molecule has 0 fully saturated rings. The summed E-state index contributed by atoms with van der Waals surface area (Å²) in [5.41, 5.74) is 1.25. The summed E-state index contributed by atoms with van der Waals surface area (Å²) in [5, 5.41) is 13.7. The second-order valence-corrected chi connectivity index (χ2v) is 6.46. The first-order valence-corrected chi connectivity index (χ1v) is 8.48. The predicted molar refractivity (Wildman–Crippen MR) is 91.2 cm³/mol. The van der Waals surface area contributed by atoms with E-state index in [1.165, 1.54) is 5.56 Å². The maximum atomic E-state index is 10.1. The summed E-state index contributed by atoms with van der Waals surface area (Å²) < 4.78 is 16.0. The highest BCUT2D eigenvalue weighted by molar-refractivity contribution is 5.44. The van der Waals surface area contributed by atoms with Crippen LogP contribution >= 0.6 is 0 Å². The second kappa shape index (κ2) is 7.73. The number of hydrogen-bond donors (Lipinski definition) is 2. The van der Waals surface area contributed by atoms with E-state index in [9.17, 15) is 5.11 Å². The zero-order valence-electron chi connectivity index (χ0n) is 14.2. The lowest BCUT2D eigenvalue weighted by Crippen LogP contribution is -2.35. The number of rotatable bonds is 8. The van der Waals surface area contributed by atoms with E-state index in [1.807, 2.05) is 6.07 Å². The van der Waals surface area contributed by atoms with E-state index in [2.05, 4.69) is 31.3 Å². The van der Waals surface area contributed by atoms with E-state index in [4.69, 9.17) is 13.9 Å². The molecule has 5 nitrogen and oxygen atoms in total. The first-order chi connectivity index (χ1) is 11.6. The lowest BCUT2D eigenvalue weighted by molar-refractivity contribution is 0.127. The molecule has 2 N–H and O–H groups in total. The Labute approximate surface area is 142 Å². The van der Waals surface area contributed by atoms with Crippen LogP contribution in [0.1, 0.15) is 44.1 Å². The fourth-order valence-electron chi connectivity index (χ4n) is 3.05. The Balaban J connectivity index is 1.42. The zero-order valence-corrected chi connectivity index (χ0v) is 14.2. The fourth-order valence-corrected chi connectivity index (χ4v) is 3.05. The minimum atomic E-state index is -0.566. The van der Waals surface area contributed by atoms with E-state index in [0.717, 1.165) is 24.3 Å². The molecule has 0 bridgehead atoms. The van der Waals surface area contributed by atoms with Crippen molar-refractivity contribution < 1.29 is 19.0 Å². The topological polar surface area (TPSA) is 63.9 Å². The number of ether oxygens (including phenoxy) is 2. The average molecular weight is 331 g/mol. The summed E-state index contributed by atoms with van der Waals surface area (Å²) in [4.78, 5) is 0. The van der Waals surface area contributed by atoms with Crippen LogP contribution in [0.3, 0.4) is 0 Å². The van der Waals surface area contributed by atoms with Crippen LogP contribution in [0, 0.1) is 0 Å². The second-order valence-electron chi connectivity index (χ2n) is 6.46. The van der Waals surface area contributed by atoms with Gasteiger partial charge in [-0.1, -0.05) is 6.07 Å². The Hall–Kier alpha value is -1.98. The molecule has 130 valence electrons. The number of nitrogens with one attached hydrogen (secondary N) is 1. The minimum Gasteiger partial charge on any atom is -0.467 e. The largest absolute Gasteiger partial charge is 0.467 e. The molecular weight excluding hydrogens is 306 g/mol. The van der Waals surface area contributed by atoms with Gasteiger partial charge in [-0.2, -0.15) is 0 Å². The molecule has 1 aromatic carbocycles. The lowest BCUT2D eigenvalue weighted by atomic mass is 10.0. The average Bonchev–Trinajstić information content (AvgIpc) is 3.23. The van der Waals surface area contributed by atoms with Crippen molar-refractivity contribution >= 4 is 0 Å². The molecule has 0 aliphatic carbocycles. The van der Waals surface area contributed by atoms with Gasteiger partial charge in [-0.15, -0.1) is 0 Å². The first-order valence-electron chi connectivity index (χ1n) is 8.48. The van der Waals surface area contributed by atoms with Crippen molar-refractivity contribution in [2.75, 3.05) is 6.79 Å². The number of furan rings is 1. The maximum Gasteiger partial charge on any atom is 0.231 e. The van der Waals surface area contributed by atoms with Crippen molar-refractivity contribution in [2.24, 2.45) is 0 Å². The Bertz CT molecular complexity index is 641. The van der Waals surface area contributed by atoms with Crippen molar-refractivity contribution in [3.8, 4) is 11.5 Å². The third-order valence-electron chi connectivity index (χ3n) is 4.32. The van der Waals surface area contributed by atoms with E-state index in [-0.39, 0.29) is 6.04 Å². The van der Waals surface area contributed by atoms with Crippen LogP contribution in [-0.2, 0) is 6.42 Å². The Kier molecular flexibility index (Phi) is 5.43. The summed E-state index contributed by atoms with van der Waals surface area (Å²) in [7, 11) is 0. The van der Waals surface area contributed by atoms with Gasteiger partial charge in [-0.3, -0.25) is 0 Å². The number of fused-ring (bicyclic) bond motifs is 1. The van der Waals surface area contributed by atoms with Gasteiger partial charge in [0.15, 0.2) is 11.5 Å². The molecule has 0 saturated heterocycles. The molecule has 0 radical (unpaired) electrons. The SMILES string of the molecule is CC(CCc1ccc2c(c1)OCO2)NC(C)CC(O)c1ccco1. The van der Waals surface area contributed by atoms with Gasteiger partial charge >= 0.3 is 0 Å². The number of aliphatic hydroxyl groups is 1. The van der Waals surface area contributed by atoms with Gasteiger partial charge in [-0.25, -0.2) is 0 Å². The summed E-state index contributed by atoms with van der Waals surface area (Å²) >= 11 is 0. The fraction of sp³-hybridized carbons (Fsp3) is 0.474. The highest BCUT2D eigenvalue weighted by Gasteiger charge is 2.17. The van der Waals surface area contributed by atoms with Gasteiger partial charge in [0.1, 0.15) is 11.9 Å². The van der Waals surface area contributed by atoms with Crippen LogP contribution in [0.4, 0.5) is 0 Å². The number of aliphatic hydroxyl groups excluding tert-OH is 1. The van der Waals surface area contributed by atoms with Crippen LogP contribution in [0.2, 0.25) is 0 Å². The van der Waals surface area contributed by atoms with E-state index in [1.54, 1.807) is 18.4 Å². The highest BCUT2D eigenvalue weighted by Crippen LogP contribution is 2.32. The van der Waals surface area contributed by atoms with Gasteiger partial charge < -0.3 is 24.3 Å². The lowest BCUT2D eigenvalue weighted by Gasteiger charge is -2.21. The van der Waals surface area contributed by atoms with Gasteiger partial charge in [0, 0.05) is 12.1 Å². The summed E-state index contributed by atoms with van der Waals surface area (Å²) in [6.07, 6.45) is 3.63. The smallest absolute Gasteiger partial charge is 0.231 e. The van der Waals surface area contributed by atoms with Crippen LogP contribution in [-0.4, -0.2) is 24.0 Å². The molecule has 3 unspecified atom stereocenters. The maximum absolute atomic E-state index is 10.1. The normalized spacial score (nSPS) is 16.8. The van der Waals surface area contributed by atoms with Gasteiger partial charge in [0.05, 0.1) is 6.26 Å². The van der Waals surface area contributed by atoms with E-state index in [0.29, 0.717) is 25.0 Å². The number of hydrogen-bond acceptors (Lipinski definition) is 5. The van der Waals surface area contributed by atoms with Gasteiger partial charge in [0.25, 0.3) is 0 Å². The van der Waals surface area contributed by atoms with Crippen molar-refractivity contribution in [3.63, 3.8) is 0 Å². The molecule has 1 aliphatic heterocycles. The van der Waals surface area contributed by atoms with Gasteiger partial charge in [0.2, 0.25) is 6.79 Å². The third-order valence-corrected chi connectivity index (χ3v) is 4.32. The van der Waals surface area contributed by atoms with Crippen molar-refractivity contribution in [1.29, 1.82) is 0 Å². The van der Waals surface area contributed by atoms with Crippen molar-refractivity contribution in [3.05, 3.63) is 47.9 Å². The van der Waals surface area contributed by atoms with E-state index < -0.39 is 6.10 Å². The Morgan fingerprint density at radius 3 is 2.75 bits per heavy atom. The number of benzene rings is 1. The summed E-state index contributed by atoms with van der Waals surface area (Å²) in [6, 6.07) is 10.3. The zero-order chi connectivity index (χ0) is 16.9. The predicted octanol–water partition coefficient (Wildman–Crippen LogP) is 3.43. The molecule has 2 heterocycles. The molecule has 24 heavy (non-hydrogen) atoms. The third kappa shape index (κ3) is 4.30.